The molecule has 3 aromatic rings. The first-order valence-electron chi connectivity index (χ1n) is 9.23. The minimum Gasteiger partial charge on any atom is -0.449 e. The van der Waals surface area contributed by atoms with Crippen LogP contribution >= 0.6 is 11.6 Å². The Balaban J connectivity index is 1.50. The number of halogens is 1. The summed E-state index contributed by atoms with van der Waals surface area (Å²) in [5.41, 5.74) is 1.09. The maximum atomic E-state index is 12.5. The van der Waals surface area contributed by atoms with E-state index >= 15 is 0 Å². The number of ether oxygens (including phenoxy) is 1. The molecular weight excluding hydrogens is 394 g/mol. The molecule has 2 heterocycles. The lowest BCUT2D eigenvalue weighted by atomic mass is 10.1. The molecule has 0 fully saturated rings. The van der Waals surface area contributed by atoms with Gasteiger partial charge in [-0.25, -0.2) is 9.78 Å². The Morgan fingerprint density at radius 1 is 1.24 bits per heavy atom. The van der Waals surface area contributed by atoms with Crippen LogP contribution in [0.5, 0.6) is 0 Å². The second-order valence-corrected chi connectivity index (χ2v) is 7.30. The Morgan fingerprint density at radius 3 is 2.86 bits per heavy atom. The summed E-state index contributed by atoms with van der Waals surface area (Å²) in [6, 6.07) is 11.3. The van der Waals surface area contributed by atoms with Crippen LogP contribution in [0, 0.1) is 0 Å². The van der Waals surface area contributed by atoms with Crippen LogP contribution in [-0.2, 0) is 22.5 Å². The van der Waals surface area contributed by atoms with Gasteiger partial charge in [-0.05, 0) is 49.7 Å². The molecule has 8 heteroatoms. The van der Waals surface area contributed by atoms with Gasteiger partial charge in [0, 0.05) is 23.7 Å². The van der Waals surface area contributed by atoms with Crippen molar-refractivity contribution in [3.05, 3.63) is 69.2 Å². The molecule has 29 heavy (non-hydrogen) atoms. The Labute approximate surface area is 171 Å². The molecule has 0 aliphatic carbocycles. The number of carbonyl (C=O) groups is 2. The van der Waals surface area contributed by atoms with Crippen LogP contribution in [0.4, 0.5) is 5.69 Å². The number of benzene rings is 2. The lowest BCUT2D eigenvalue weighted by molar-refractivity contribution is -0.123. The van der Waals surface area contributed by atoms with Crippen molar-refractivity contribution in [3.8, 4) is 0 Å². The fourth-order valence-corrected chi connectivity index (χ4v) is 3.49. The predicted molar refractivity (Wildman–Crippen MR) is 109 cm³/mol. The van der Waals surface area contributed by atoms with E-state index in [9.17, 15) is 14.4 Å². The minimum atomic E-state index is -1.02. The highest BCUT2D eigenvalue weighted by Gasteiger charge is 2.21. The van der Waals surface area contributed by atoms with Gasteiger partial charge in [0.15, 0.2) is 6.10 Å². The molecule has 2 aromatic carbocycles. The van der Waals surface area contributed by atoms with E-state index in [4.69, 9.17) is 16.3 Å². The van der Waals surface area contributed by atoms with Crippen LogP contribution < -0.4 is 10.9 Å². The standard InChI is InChI=1S/C21H18ClN3O4/c1-12(19(26)23-15-5-2-4-14(22)11-15)29-21(28)13-7-8-16-17(10-13)24-18-6-3-9-25(18)20(16)27/h2,4-5,7-8,10-12H,3,6,9H2,1H3,(H,23,26)/t12-/m1/s1. The molecule has 1 aliphatic heterocycles. The molecule has 1 aromatic heterocycles. The number of hydrogen-bond acceptors (Lipinski definition) is 5. The van der Waals surface area contributed by atoms with Gasteiger partial charge in [-0.15, -0.1) is 0 Å². The first-order chi connectivity index (χ1) is 13.9. The summed E-state index contributed by atoms with van der Waals surface area (Å²) in [5.74, 6) is -0.416. The molecule has 1 atom stereocenters. The summed E-state index contributed by atoms with van der Waals surface area (Å²) < 4.78 is 6.95. The molecule has 1 N–H and O–H groups in total. The van der Waals surface area contributed by atoms with Crippen LogP contribution in [0.3, 0.4) is 0 Å². The number of amides is 1. The average Bonchev–Trinajstić information content (AvgIpc) is 3.16. The van der Waals surface area contributed by atoms with E-state index in [1.165, 1.54) is 19.1 Å². The zero-order chi connectivity index (χ0) is 20.5. The maximum Gasteiger partial charge on any atom is 0.338 e. The second kappa shape index (κ2) is 7.67. The van der Waals surface area contributed by atoms with E-state index in [0.29, 0.717) is 28.2 Å². The zero-order valence-electron chi connectivity index (χ0n) is 15.6. The fraction of sp³-hybridized carbons (Fsp3) is 0.238. The van der Waals surface area contributed by atoms with Crippen molar-refractivity contribution in [2.75, 3.05) is 5.32 Å². The van der Waals surface area contributed by atoms with Crippen molar-refractivity contribution in [2.24, 2.45) is 0 Å². The minimum absolute atomic E-state index is 0.100. The highest BCUT2D eigenvalue weighted by Crippen LogP contribution is 2.18. The van der Waals surface area contributed by atoms with E-state index in [1.807, 2.05) is 0 Å². The van der Waals surface area contributed by atoms with Crippen molar-refractivity contribution >= 4 is 40.1 Å². The zero-order valence-corrected chi connectivity index (χ0v) is 16.4. The average molecular weight is 412 g/mol. The third kappa shape index (κ3) is 3.86. The summed E-state index contributed by atoms with van der Waals surface area (Å²) >= 11 is 5.90. The summed E-state index contributed by atoms with van der Waals surface area (Å²) in [5, 5.41) is 3.59. The van der Waals surface area contributed by atoms with E-state index in [2.05, 4.69) is 10.3 Å². The number of carbonyl (C=O) groups excluding carboxylic acids is 2. The van der Waals surface area contributed by atoms with Gasteiger partial charge in [-0.1, -0.05) is 17.7 Å². The molecule has 0 saturated heterocycles. The van der Waals surface area contributed by atoms with Crippen molar-refractivity contribution in [3.63, 3.8) is 0 Å². The van der Waals surface area contributed by atoms with Crippen LogP contribution in [-0.4, -0.2) is 27.5 Å². The van der Waals surface area contributed by atoms with Gasteiger partial charge >= 0.3 is 5.97 Å². The number of hydrogen-bond donors (Lipinski definition) is 1. The summed E-state index contributed by atoms with van der Waals surface area (Å²) in [4.78, 5) is 41.8. The lowest BCUT2D eigenvalue weighted by Gasteiger charge is -2.14. The predicted octanol–water partition coefficient (Wildman–Crippen LogP) is 3.18. The van der Waals surface area contributed by atoms with E-state index in [1.54, 1.807) is 34.9 Å². The van der Waals surface area contributed by atoms with Gasteiger partial charge in [-0.2, -0.15) is 0 Å². The lowest BCUT2D eigenvalue weighted by Crippen LogP contribution is -2.30. The molecule has 0 bridgehead atoms. The Hall–Kier alpha value is -3.19. The van der Waals surface area contributed by atoms with Crippen LogP contribution in [0.2, 0.25) is 5.02 Å². The van der Waals surface area contributed by atoms with Gasteiger partial charge in [0.25, 0.3) is 11.5 Å². The van der Waals surface area contributed by atoms with Crippen molar-refractivity contribution in [1.29, 1.82) is 0 Å². The number of rotatable bonds is 4. The van der Waals surface area contributed by atoms with Crippen molar-refractivity contribution < 1.29 is 14.3 Å². The number of anilines is 1. The molecule has 4 rings (SSSR count). The van der Waals surface area contributed by atoms with Gasteiger partial charge < -0.3 is 10.1 Å². The number of aryl methyl sites for hydroxylation is 1. The van der Waals surface area contributed by atoms with Gasteiger partial charge in [0.2, 0.25) is 0 Å². The largest absolute Gasteiger partial charge is 0.449 e. The molecular formula is C21H18ClN3O4. The summed E-state index contributed by atoms with van der Waals surface area (Å²) in [6.45, 7) is 2.15. The Morgan fingerprint density at radius 2 is 2.07 bits per heavy atom. The van der Waals surface area contributed by atoms with E-state index in [-0.39, 0.29) is 11.1 Å². The monoisotopic (exact) mass is 411 g/mol. The molecule has 0 unspecified atom stereocenters. The molecule has 0 saturated carbocycles. The summed E-state index contributed by atoms with van der Waals surface area (Å²) in [6.07, 6.45) is 0.601. The third-order valence-electron chi connectivity index (χ3n) is 4.80. The quantitative estimate of drug-likeness (QED) is 0.666. The van der Waals surface area contributed by atoms with Gasteiger partial charge in [0.05, 0.1) is 16.5 Å². The van der Waals surface area contributed by atoms with Gasteiger partial charge in [0.1, 0.15) is 5.82 Å². The number of nitrogens with one attached hydrogen (secondary N) is 1. The molecule has 148 valence electrons. The highest BCUT2D eigenvalue weighted by molar-refractivity contribution is 6.30. The van der Waals surface area contributed by atoms with Crippen LogP contribution in [0.25, 0.3) is 10.9 Å². The van der Waals surface area contributed by atoms with Crippen molar-refractivity contribution in [2.45, 2.75) is 32.4 Å². The van der Waals surface area contributed by atoms with Crippen molar-refractivity contribution in [1.82, 2.24) is 9.55 Å². The second-order valence-electron chi connectivity index (χ2n) is 6.87. The number of fused-ring (bicyclic) bond motifs is 2. The fourth-order valence-electron chi connectivity index (χ4n) is 3.30. The molecule has 7 nitrogen and oxygen atoms in total. The molecule has 1 aliphatic rings. The Kier molecular flexibility index (Phi) is 5.07. The number of aromatic nitrogens is 2. The van der Waals surface area contributed by atoms with Gasteiger partial charge in [-0.3, -0.25) is 14.2 Å². The maximum absolute atomic E-state index is 12.5. The van der Waals surface area contributed by atoms with Crippen LogP contribution in [0.15, 0.2) is 47.3 Å². The summed E-state index contributed by atoms with van der Waals surface area (Å²) in [7, 11) is 0. The topological polar surface area (TPSA) is 90.3 Å². The Bertz CT molecular complexity index is 1190. The number of esters is 1. The molecule has 0 spiro atoms. The van der Waals surface area contributed by atoms with E-state index in [0.717, 1.165) is 18.7 Å². The first kappa shape index (κ1) is 19.1. The smallest absolute Gasteiger partial charge is 0.338 e. The highest BCUT2D eigenvalue weighted by atomic mass is 35.5. The molecule has 0 radical (unpaired) electrons. The van der Waals surface area contributed by atoms with Crippen LogP contribution in [0.1, 0.15) is 29.5 Å². The first-order valence-corrected chi connectivity index (χ1v) is 9.61. The third-order valence-corrected chi connectivity index (χ3v) is 5.03. The van der Waals surface area contributed by atoms with E-state index < -0.39 is 18.0 Å². The normalized spacial score (nSPS) is 13.7. The SMILES string of the molecule is C[C@@H](OC(=O)c1ccc2c(=O)n3c(nc2c1)CCC3)C(=O)Nc1cccc(Cl)c1. The number of nitrogens with zero attached hydrogens (tertiary/aromatic N) is 2. The molecule has 1 amide bonds.